The number of nitrogens with zero attached hydrogens (tertiary/aromatic N) is 2. The molecule has 38 heavy (non-hydrogen) atoms. The van der Waals surface area contributed by atoms with Gasteiger partial charge in [-0.3, -0.25) is 0 Å². The zero-order valence-corrected chi connectivity index (χ0v) is 23.9. The molecule has 1 saturated carbocycles. The van der Waals surface area contributed by atoms with E-state index in [1.165, 1.54) is 30.6 Å². The Kier molecular flexibility index (Phi) is 7.29. The second-order valence-corrected chi connectivity index (χ2v) is 13.0. The summed E-state index contributed by atoms with van der Waals surface area (Å²) in [5, 5.41) is 5.87. The molecule has 1 fully saturated rings. The van der Waals surface area contributed by atoms with Crippen molar-refractivity contribution in [3.63, 3.8) is 0 Å². The third-order valence-electron chi connectivity index (χ3n) is 6.56. The van der Waals surface area contributed by atoms with Crippen molar-refractivity contribution in [3.05, 3.63) is 80.6 Å². The molecule has 0 saturated heterocycles. The van der Waals surface area contributed by atoms with Crippen molar-refractivity contribution in [2.75, 3.05) is 7.11 Å². The van der Waals surface area contributed by atoms with Crippen molar-refractivity contribution in [1.29, 1.82) is 0 Å². The van der Waals surface area contributed by atoms with Gasteiger partial charge in [-0.1, -0.05) is 34.1 Å². The predicted octanol–water partition coefficient (Wildman–Crippen LogP) is 5.92. The minimum Gasteiger partial charge on any atom is -0.464 e. The lowest BCUT2D eigenvalue weighted by atomic mass is 10.1. The molecule has 2 aromatic carbocycles. The van der Waals surface area contributed by atoms with Crippen molar-refractivity contribution < 1.29 is 22.3 Å². The number of nitrogens with two attached hydrogens (primary N) is 1. The van der Waals surface area contributed by atoms with Crippen LogP contribution in [0.15, 0.2) is 57.9 Å². The number of hydrogen-bond donors (Lipinski definition) is 1. The van der Waals surface area contributed by atoms with E-state index in [2.05, 4.69) is 31.5 Å². The average molecular weight is 619 g/mol. The van der Waals surface area contributed by atoms with Crippen LogP contribution in [0.3, 0.4) is 0 Å². The highest BCUT2D eigenvalue weighted by Gasteiger charge is 2.29. The molecular formula is C27H25BrFN3O4S2. The van der Waals surface area contributed by atoms with Gasteiger partial charge < -0.3 is 9.30 Å². The molecule has 0 aliphatic heterocycles. The number of halogens is 2. The zero-order valence-electron chi connectivity index (χ0n) is 20.7. The van der Waals surface area contributed by atoms with Crippen LogP contribution in [0.1, 0.15) is 39.5 Å². The van der Waals surface area contributed by atoms with Gasteiger partial charge in [-0.25, -0.2) is 27.7 Å². The molecule has 1 aliphatic rings. The molecule has 2 N–H and O–H groups in total. The minimum atomic E-state index is -4.17. The molecule has 0 radical (unpaired) electrons. The van der Waals surface area contributed by atoms with Crippen molar-refractivity contribution in [1.82, 2.24) is 9.55 Å². The zero-order chi connectivity index (χ0) is 27.2. The van der Waals surface area contributed by atoms with Crippen LogP contribution in [0, 0.1) is 18.7 Å². The number of aromatic nitrogens is 2. The van der Waals surface area contributed by atoms with Gasteiger partial charge in [-0.2, -0.15) is 0 Å². The normalized spacial score (nSPS) is 13.6. The number of carbonyl (C=O) groups excluding carboxylic acids is 1. The van der Waals surface area contributed by atoms with E-state index in [9.17, 15) is 17.6 Å². The molecule has 2 aromatic heterocycles. The Hall–Kier alpha value is -2.86. The molecule has 5 rings (SSSR count). The number of sulfonamides is 1. The highest BCUT2D eigenvalue weighted by molar-refractivity contribution is 9.10. The van der Waals surface area contributed by atoms with Crippen LogP contribution >= 0.6 is 27.3 Å². The number of ether oxygens (including phenoxy) is 1. The molecule has 7 nitrogen and oxygen atoms in total. The molecule has 198 valence electrons. The Labute approximate surface area is 232 Å². The van der Waals surface area contributed by atoms with Gasteiger partial charge in [0.25, 0.3) is 0 Å². The SMILES string of the molecule is COC(=O)c1nc(-c2cc(-c3cccc(Br)c3)n(Cc3ccc(S(N)(=O)=O)c(F)c3)c2CC2CC2)sc1C. The second kappa shape index (κ2) is 10.4. The van der Waals surface area contributed by atoms with E-state index in [1.54, 1.807) is 6.07 Å². The standard InChI is InChI=1S/C27H25BrFN3O4S2/c1-15-25(27(33)36-2)31-26(37-15)20-13-22(18-4-3-5-19(28)12-18)32(23(20)11-16-6-7-16)14-17-8-9-24(21(29)10-17)38(30,34)35/h3-5,8-10,12-13,16H,6-7,11,14H2,1-2H3,(H2,30,34,35). The summed E-state index contributed by atoms with van der Waals surface area (Å²) in [7, 11) is -2.83. The lowest BCUT2D eigenvalue weighted by Gasteiger charge is -2.16. The number of esters is 1. The van der Waals surface area contributed by atoms with Crippen LogP contribution in [0.2, 0.25) is 0 Å². The third-order valence-corrected chi connectivity index (χ3v) is 9.00. The molecule has 2 heterocycles. The Morgan fingerprint density at radius 3 is 2.63 bits per heavy atom. The summed E-state index contributed by atoms with van der Waals surface area (Å²) in [5.41, 5.74) is 4.68. The Balaban J connectivity index is 1.69. The number of carbonyl (C=O) groups is 1. The number of methoxy groups -OCH3 is 1. The fraction of sp³-hybridized carbons (Fsp3) is 0.259. The van der Waals surface area contributed by atoms with E-state index < -0.39 is 26.7 Å². The van der Waals surface area contributed by atoms with Crippen LogP contribution in [-0.4, -0.2) is 31.0 Å². The predicted molar refractivity (Wildman–Crippen MR) is 148 cm³/mol. The van der Waals surface area contributed by atoms with Gasteiger partial charge in [0.05, 0.1) is 7.11 Å². The largest absolute Gasteiger partial charge is 0.464 e. The highest BCUT2D eigenvalue weighted by atomic mass is 79.9. The van der Waals surface area contributed by atoms with Crippen LogP contribution in [0.25, 0.3) is 21.8 Å². The average Bonchev–Trinajstić information content (AvgIpc) is 3.50. The van der Waals surface area contributed by atoms with Gasteiger partial charge in [-0.05, 0) is 73.6 Å². The highest BCUT2D eigenvalue weighted by Crippen LogP contribution is 2.41. The van der Waals surface area contributed by atoms with Crippen molar-refractivity contribution in [3.8, 4) is 21.8 Å². The number of benzene rings is 2. The maximum absolute atomic E-state index is 14.7. The van der Waals surface area contributed by atoms with Crippen LogP contribution < -0.4 is 5.14 Å². The first-order valence-corrected chi connectivity index (χ1v) is 15.1. The topological polar surface area (TPSA) is 104 Å². The first-order chi connectivity index (χ1) is 18.0. The van der Waals surface area contributed by atoms with Gasteiger partial charge >= 0.3 is 5.97 Å². The fourth-order valence-corrected chi connectivity index (χ4v) is 6.44. The van der Waals surface area contributed by atoms with E-state index in [1.807, 2.05) is 31.2 Å². The summed E-state index contributed by atoms with van der Waals surface area (Å²) < 4.78 is 46.2. The van der Waals surface area contributed by atoms with Gasteiger partial charge in [-0.15, -0.1) is 11.3 Å². The van der Waals surface area contributed by atoms with Gasteiger partial charge in [0, 0.05) is 32.8 Å². The monoisotopic (exact) mass is 617 g/mol. The summed E-state index contributed by atoms with van der Waals surface area (Å²) in [6.45, 7) is 2.15. The molecule has 0 bridgehead atoms. The minimum absolute atomic E-state index is 0.294. The molecule has 11 heteroatoms. The first-order valence-electron chi connectivity index (χ1n) is 11.9. The number of thiazole rings is 1. The number of rotatable bonds is 8. The second-order valence-electron chi connectivity index (χ2n) is 9.36. The van der Waals surface area contributed by atoms with Gasteiger partial charge in [0.1, 0.15) is 15.7 Å². The fourth-order valence-electron chi connectivity index (χ4n) is 4.51. The summed E-state index contributed by atoms with van der Waals surface area (Å²) in [4.78, 5) is 17.2. The maximum Gasteiger partial charge on any atom is 0.357 e. The number of primary sulfonamides is 1. The van der Waals surface area contributed by atoms with E-state index in [-0.39, 0.29) is 0 Å². The molecule has 0 atom stereocenters. The van der Waals surface area contributed by atoms with Crippen molar-refractivity contribution in [2.24, 2.45) is 11.1 Å². The summed E-state index contributed by atoms with van der Waals surface area (Å²) in [6.07, 6.45) is 3.05. The third kappa shape index (κ3) is 5.47. The Morgan fingerprint density at radius 2 is 2.00 bits per heavy atom. The molecule has 0 spiro atoms. The van der Waals surface area contributed by atoms with E-state index in [0.29, 0.717) is 28.7 Å². The van der Waals surface area contributed by atoms with Crippen LogP contribution in [0.4, 0.5) is 4.39 Å². The molecule has 4 aromatic rings. The van der Waals surface area contributed by atoms with Gasteiger partial charge in [0.2, 0.25) is 10.0 Å². The lowest BCUT2D eigenvalue weighted by molar-refractivity contribution is 0.0594. The maximum atomic E-state index is 14.7. The van der Waals surface area contributed by atoms with Gasteiger partial charge in [0.15, 0.2) is 5.69 Å². The first kappa shape index (κ1) is 26.7. The quantitative estimate of drug-likeness (QED) is 0.247. The lowest BCUT2D eigenvalue weighted by Crippen LogP contribution is -2.14. The van der Waals surface area contributed by atoms with Crippen molar-refractivity contribution >= 4 is 43.3 Å². The molecule has 1 aliphatic carbocycles. The summed E-state index contributed by atoms with van der Waals surface area (Å²) in [5.74, 6) is -0.838. The van der Waals surface area contributed by atoms with Crippen molar-refractivity contribution in [2.45, 2.75) is 37.6 Å². The van der Waals surface area contributed by atoms with E-state index in [0.717, 1.165) is 51.1 Å². The summed E-state index contributed by atoms with van der Waals surface area (Å²) in [6, 6.07) is 14.0. The molecular weight excluding hydrogens is 593 g/mol. The van der Waals surface area contributed by atoms with E-state index in [4.69, 9.17) is 9.88 Å². The Morgan fingerprint density at radius 1 is 1.24 bits per heavy atom. The van der Waals surface area contributed by atoms with Crippen LogP contribution in [-0.2, 0) is 27.7 Å². The van der Waals surface area contributed by atoms with Crippen LogP contribution in [0.5, 0.6) is 0 Å². The smallest absolute Gasteiger partial charge is 0.357 e. The molecule has 0 unspecified atom stereocenters. The molecule has 0 amide bonds. The Bertz CT molecular complexity index is 1660. The number of hydrogen-bond acceptors (Lipinski definition) is 6. The number of aryl methyl sites for hydroxylation is 1. The van der Waals surface area contributed by atoms with E-state index >= 15 is 0 Å². The summed E-state index contributed by atoms with van der Waals surface area (Å²) >= 11 is 4.99.